The third-order valence-corrected chi connectivity index (χ3v) is 3.20. The summed E-state index contributed by atoms with van der Waals surface area (Å²) in [5, 5.41) is 3.50. The lowest BCUT2D eigenvalue weighted by atomic mass is 10.1. The Bertz CT molecular complexity index is 185. The van der Waals surface area contributed by atoms with E-state index in [0.717, 1.165) is 25.6 Å². The molecule has 1 aliphatic heterocycles. The maximum atomic E-state index is 5.55. The minimum Gasteiger partial charge on any atom is -0.377 e. The standard InChI is InChI=1S/C12H21NO/c1-2-5-11(4-1)7-8-13-10-12-6-3-9-14-12/h1,4,11-13H,2-3,5-10H2. The summed E-state index contributed by atoms with van der Waals surface area (Å²) in [7, 11) is 0. The van der Waals surface area contributed by atoms with Crippen molar-refractivity contribution >= 4 is 0 Å². The molecule has 1 fully saturated rings. The van der Waals surface area contributed by atoms with Crippen molar-refractivity contribution in [2.45, 2.75) is 38.2 Å². The number of nitrogens with one attached hydrogen (secondary N) is 1. The van der Waals surface area contributed by atoms with Gasteiger partial charge in [0.15, 0.2) is 0 Å². The van der Waals surface area contributed by atoms with E-state index in [1.807, 2.05) is 0 Å². The zero-order chi connectivity index (χ0) is 9.64. The van der Waals surface area contributed by atoms with Crippen LogP contribution in [-0.2, 0) is 4.74 Å². The van der Waals surface area contributed by atoms with Gasteiger partial charge in [0.2, 0.25) is 0 Å². The summed E-state index contributed by atoms with van der Waals surface area (Å²) in [6, 6.07) is 0. The number of allylic oxidation sites excluding steroid dienone is 2. The molecule has 80 valence electrons. The first-order valence-electron chi connectivity index (χ1n) is 5.94. The van der Waals surface area contributed by atoms with Crippen LogP contribution in [0.4, 0.5) is 0 Å². The van der Waals surface area contributed by atoms with Crippen molar-refractivity contribution in [3.05, 3.63) is 12.2 Å². The summed E-state index contributed by atoms with van der Waals surface area (Å²) in [6.07, 6.45) is 11.6. The van der Waals surface area contributed by atoms with Gasteiger partial charge in [-0.1, -0.05) is 12.2 Å². The molecule has 0 aromatic rings. The molecule has 2 atom stereocenters. The number of rotatable bonds is 5. The van der Waals surface area contributed by atoms with E-state index in [2.05, 4.69) is 17.5 Å². The third-order valence-electron chi connectivity index (χ3n) is 3.20. The van der Waals surface area contributed by atoms with E-state index in [0.29, 0.717) is 6.10 Å². The van der Waals surface area contributed by atoms with Gasteiger partial charge in [-0.15, -0.1) is 0 Å². The van der Waals surface area contributed by atoms with Gasteiger partial charge in [-0.25, -0.2) is 0 Å². The van der Waals surface area contributed by atoms with E-state index in [-0.39, 0.29) is 0 Å². The summed E-state index contributed by atoms with van der Waals surface area (Å²) in [5.74, 6) is 0.840. The fourth-order valence-electron chi connectivity index (χ4n) is 2.29. The number of hydrogen-bond donors (Lipinski definition) is 1. The predicted octanol–water partition coefficient (Wildman–Crippen LogP) is 2.11. The molecule has 0 aromatic heterocycles. The van der Waals surface area contributed by atoms with Gasteiger partial charge in [0.25, 0.3) is 0 Å². The predicted molar refractivity (Wildman–Crippen MR) is 58.3 cm³/mol. The van der Waals surface area contributed by atoms with E-state index < -0.39 is 0 Å². The van der Waals surface area contributed by atoms with Crippen LogP contribution in [0.1, 0.15) is 32.1 Å². The second kappa shape index (κ2) is 5.52. The molecule has 2 aliphatic rings. The summed E-state index contributed by atoms with van der Waals surface area (Å²) < 4.78 is 5.55. The Kier molecular flexibility index (Phi) is 4.02. The molecule has 2 rings (SSSR count). The Morgan fingerprint density at radius 2 is 2.36 bits per heavy atom. The molecule has 0 spiro atoms. The largest absolute Gasteiger partial charge is 0.377 e. The first-order chi connectivity index (χ1) is 6.95. The summed E-state index contributed by atoms with van der Waals surface area (Å²) in [6.45, 7) is 3.17. The number of hydrogen-bond acceptors (Lipinski definition) is 2. The molecule has 14 heavy (non-hydrogen) atoms. The number of ether oxygens (including phenoxy) is 1. The molecule has 0 amide bonds. The Labute approximate surface area is 86.7 Å². The lowest BCUT2D eigenvalue weighted by Crippen LogP contribution is -2.27. The molecule has 1 N–H and O–H groups in total. The van der Waals surface area contributed by atoms with Crippen LogP contribution in [0.25, 0.3) is 0 Å². The molecule has 0 bridgehead atoms. The Balaban J connectivity index is 1.48. The highest BCUT2D eigenvalue weighted by atomic mass is 16.5. The fourth-order valence-corrected chi connectivity index (χ4v) is 2.29. The van der Waals surface area contributed by atoms with E-state index in [1.54, 1.807) is 0 Å². The second-order valence-electron chi connectivity index (χ2n) is 4.39. The van der Waals surface area contributed by atoms with E-state index in [1.165, 1.54) is 32.1 Å². The Morgan fingerprint density at radius 1 is 1.36 bits per heavy atom. The van der Waals surface area contributed by atoms with Crippen molar-refractivity contribution < 1.29 is 4.74 Å². The summed E-state index contributed by atoms with van der Waals surface area (Å²) >= 11 is 0. The van der Waals surface area contributed by atoms with Gasteiger partial charge >= 0.3 is 0 Å². The van der Waals surface area contributed by atoms with Gasteiger partial charge < -0.3 is 10.1 Å². The van der Waals surface area contributed by atoms with Crippen LogP contribution in [0.5, 0.6) is 0 Å². The second-order valence-corrected chi connectivity index (χ2v) is 4.39. The fraction of sp³-hybridized carbons (Fsp3) is 0.833. The van der Waals surface area contributed by atoms with Crippen molar-refractivity contribution in [1.82, 2.24) is 5.32 Å². The van der Waals surface area contributed by atoms with Gasteiger partial charge in [-0.05, 0) is 44.6 Å². The summed E-state index contributed by atoms with van der Waals surface area (Å²) in [4.78, 5) is 0. The maximum absolute atomic E-state index is 5.55. The average molecular weight is 195 g/mol. The minimum atomic E-state index is 0.495. The van der Waals surface area contributed by atoms with Crippen LogP contribution >= 0.6 is 0 Å². The molecule has 0 aromatic carbocycles. The molecule has 2 nitrogen and oxygen atoms in total. The zero-order valence-corrected chi connectivity index (χ0v) is 8.87. The molecule has 1 aliphatic carbocycles. The molecule has 2 heteroatoms. The van der Waals surface area contributed by atoms with Crippen LogP contribution < -0.4 is 5.32 Å². The molecule has 0 radical (unpaired) electrons. The highest BCUT2D eigenvalue weighted by Gasteiger charge is 2.14. The van der Waals surface area contributed by atoms with Gasteiger partial charge in [-0.2, -0.15) is 0 Å². The highest BCUT2D eigenvalue weighted by Crippen LogP contribution is 2.19. The molecular formula is C12H21NO. The Morgan fingerprint density at radius 3 is 3.07 bits per heavy atom. The van der Waals surface area contributed by atoms with Gasteiger partial charge in [0.1, 0.15) is 0 Å². The lowest BCUT2D eigenvalue weighted by Gasteiger charge is -2.12. The highest BCUT2D eigenvalue weighted by molar-refractivity contribution is 4.96. The first kappa shape index (κ1) is 10.2. The van der Waals surface area contributed by atoms with E-state index in [4.69, 9.17) is 4.74 Å². The average Bonchev–Trinajstić information content (AvgIpc) is 2.86. The molecule has 1 saturated heterocycles. The third kappa shape index (κ3) is 3.10. The zero-order valence-electron chi connectivity index (χ0n) is 8.87. The van der Waals surface area contributed by atoms with Crippen LogP contribution in [0.15, 0.2) is 12.2 Å². The van der Waals surface area contributed by atoms with Gasteiger partial charge in [0.05, 0.1) is 6.10 Å². The quantitative estimate of drug-likeness (QED) is 0.536. The van der Waals surface area contributed by atoms with Crippen LogP contribution in [0, 0.1) is 5.92 Å². The Hall–Kier alpha value is -0.340. The van der Waals surface area contributed by atoms with E-state index >= 15 is 0 Å². The summed E-state index contributed by atoms with van der Waals surface area (Å²) in [5.41, 5.74) is 0. The minimum absolute atomic E-state index is 0.495. The van der Waals surface area contributed by atoms with E-state index in [9.17, 15) is 0 Å². The maximum Gasteiger partial charge on any atom is 0.0700 e. The van der Waals surface area contributed by atoms with Crippen LogP contribution in [0.3, 0.4) is 0 Å². The smallest absolute Gasteiger partial charge is 0.0700 e. The van der Waals surface area contributed by atoms with Gasteiger partial charge in [0, 0.05) is 13.2 Å². The molecular weight excluding hydrogens is 174 g/mol. The van der Waals surface area contributed by atoms with Crippen molar-refractivity contribution in [2.24, 2.45) is 5.92 Å². The van der Waals surface area contributed by atoms with Gasteiger partial charge in [-0.3, -0.25) is 0 Å². The van der Waals surface area contributed by atoms with Crippen molar-refractivity contribution in [3.63, 3.8) is 0 Å². The molecule has 2 unspecified atom stereocenters. The monoisotopic (exact) mass is 195 g/mol. The normalized spacial score (nSPS) is 31.4. The van der Waals surface area contributed by atoms with Crippen molar-refractivity contribution in [2.75, 3.05) is 19.7 Å². The van der Waals surface area contributed by atoms with Crippen LogP contribution in [0.2, 0.25) is 0 Å². The molecule has 0 saturated carbocycles. The van der Waals surface area contributed by atoms with Crippen molar-refractivity contribution in [1.29, 1.82) is 0 Å². The van der Waals surface area contributed by atoms with Crippen LogP contribution in [-0.4, -0.2) is 25.8 Å². The topological polar surface area (TPSA) is 21.3 Å². The van der Waals surface area contributed by atoms with Crippen molar-refractivity contribution in [3.8, 4) is 0 Å². The first-order valence-corrected chi connectivity index (χ1v) is 5.94. The molecule has 1 heterocycles. The SMILES string of the molecule is C1=CC(CCNCC2CCCO2)CC1. The lowest BCUT2D eigenvalue weighted by molar-refractivity contribution is 0.110.